The molecule has 24 heavy (non-hydrogen) atoms. The quantitative estimate of drug-likeness (QED) is 0.485. The van der Waals surface area contributed by atoms with Crippen LogP contribution in [0, 0.1) is 0 Å². The van der Waals surface area contributed by atoms with Crippen LogP contribution in [0.25, 0.3) is 22.4 Å². The Morgan fingerprint density at radius 3 is 2.88 bits per heavy atom. The van der Waals surface area contributed by atoms with E-state index >= 15 is 0 Å². The molecule has 0 radical (unpaired) electrons. The lowest BCUT2D eigenvalue weighted by Crippen LogP contribution is -2.12. The van der Waals surface area contributed by atoms with E-state index in [4.69, 9.17) is 4.42 Å². The third-order valence-corrected chi connectivity index (χ3v) is 5.16. The van der Waals surface area contributed by atoms with Crippen molar-refractivity contribution in [3.05, 3.63) is 62.9 Å². The zero-order valence-corrected chi connectivity index (χ0v) is 14.7. The van der Waals surface area contributed by atoms with Crippen LogP contribution in [0.4, 0.5) is 0 Å². The van der Waals surface area contributed by atoms with Gasteiger partial charge in [-0.05, 0) is 30.5 Å². The smallest absolute Gasteiger partial charge is 0.206 e. The standard InChI is InChI=1S/C18H15N3OS2/c1-2-19-18-21(20-11-14-7-5-9-23-14)15(12-24-18)17-10-13-6-3-4-8-16(13)22-17/h3-12H,2H2,1H3. The number of para-hydroxylation sites is 1. The maximum absolute atomic E-state index is 6.00. The number of rotatable bonds is 4. The van der Waals surface area contributed by atoms with E-state index in [1.54, 1.807) is 22.7 Å². The molecule has 1 aromatic carbocycles. The second-order valence-corrected chi connectivity index (χ2v) is 6.91. The summed E-state index contributed by atoms with van der Waals surface area (Å²) >= 11 is 3.22. The van der Waals surface area contributed by atoms with Crippen LogP contribution in [0.5, 0.6) is 0 Å². The van der Waals surface area contributed by atoms with Gasteiger partial charge >= 0.3 is 0 Å². The summed E-state index contributed by atoms with van der Waals surface area (Å²) in [6, 6.07) is 14.1. The molecule has 0 saturated carbocycles. The number of thiophene rings is 1. The molecular formula is C18H15N3OS2. The third-order valence-electron chi connectivity index (χ3n) is 3.50. The fourth-order valence-electron chi connectivity index (χ4n) is 2.41. The molecule has 0 atom stereocenters. The average Bonchev–Trinajstić information content (AvgIpc) is 3.32. The van der Waals surface area contributed by atoms with Crippen molar-refractivity contribution in [2.75, 3.05) is 6.54 Å². The highest BCUT2D eigenvalue weighted by Crippen LogP contribution is 2.28. The fraction of sp³-hybridized carbons (Fsp3) is 0.111. The van der Waals surface area contributed by atoms with E-state index in [-0.39, 0.29) is 0 Å². The Morgan fingerprint density at radius 1 is 1.17 bits per heavy atom. The van der Waals surface area contributed by atoms with E-state index in [1.165, 1.54) is 0 Å². The molecule has 3 heterocycles. The van der Waals surface area contributed by atoms with Gasteiger partial charge in [0.25, 0.3) is 0 Å². The van der Waals surface area contributed by atoms with Crippen molar-refractivity contribution in [3.8, 4) is 11.5 Å². The molecule has 0 aliphatic rings. The Labute approximate surface area is 147 Å². The predicted molar refractivity (Wildman–Crippen MR) is 101 cm³/mol. The number of benzene rings is 1. The first-order valence-electron chi connectivity index (χ1n) is 7.63. The maximum atomic E-state index is 6.00. The number of furan rings is 1. The van der Waals surface area contributed by atoms with Gasteiger partial charge in [0.05, 0.1) is 6.21 Å². The van der Waals surface area contributed by atoms with Gasteiger partial charge in [-0.2, -0.15) is 5.10 Å². The van der Waals surface area contributed by atoms with Crippen LogP contribution in [-0.2, 0) is 0 Å². The molecule has 0 aliphatic heterocycles. The summed E-state index contributed by atoms with van der Waals surface area (Å²) in [7, 11) is 0. The van der Waals surface area contributed by atoms with Crippen LogP contribution in [0.3, 0.4) is 0 Å². The maximum Gasteiger partial charge on any atom is 0.206 e. The van der Waals surface area contributed by atoms with E-state index in [2.05, 4.69) is 10.1 Å². The van der Waals surface area contributed by atoms with E-state index in [1.807, 2.05) is 71.0 Å². The average molecular weight is 353 g/mol. The van der Waals surface area contributed by atoms with Gasteiger partial charge in [0.1, 0.15) is 11.3 Å². The molecule has 0 amide bonds. The van der Waals surface area contributed by atoms with Crippen LogP contribution in [0.1, 0.15) is 11.8 Å². The van der Waals surface area contributed by atoms with E-state index in [9.17, 15) is 0 Å². The zero-order chi connectivity index (χ0) is 16.4. The minimum absolute atomic E-state index is 0.717. The van der Waals surface area contributed by atoms with Gasteiger partial charge in [0.15, 0.2) is 5.76 Å². The summed E-state index contributed by atoms with van der Waals surface area (Å²) in [5.74, 6) is 0.799. The van der Waals surface area contributed by atoms with Gasteiger partial charge in [0, 0.05) is 22.2 Å². The molecule has 0 fully saturated rings. The van der Waals surface area contributed by atoms with Crippen LogP contribution >= 0.6 is 22.7 Å². The highest BCUT2D eigenvalue weighted by Gasteiger charge is 2.12. The molecule has 0 aliphatic carbocycles. The van der Waals surface area contributed by atoms with Gasteiger partial charge in [-0.25, -0.2) is 4.68 Å². The molecule has 0 N–H and O–H groups in total. The van der Waals surface area contributed by atoms with E-state index in [0.717, 1.165) is 32.1 Å². The van der Waals surface area contributed by atoms with Gasteiger partial charge in [0.2, 0.25) is 4.80 Å². The summed E-state index contributed by atoms with van der Waals surface area (Å²) in [6.45, 7) is 2.74. The van der Waals surface area contributed by atoms with Crippen LogP contribution < -0.4 is 4.80 Å². The predicted octanol–water partition coefficient (Wildman–Crippen LogP) is 4.83. The SMILES string of the molecule is CCN=c1scc(-c2cc3ccccc3o2)n1N=Cc1cccs1. The summed E-state index contributed by atoms with van der Waals surface area (Å²) in [4.78, 5) is 6.50. The number of thiazole rings is 1. The largest absolute Gasteiger partial charge is 0.454 e. The molecule has 0 spiro atoms. The first kappa shape index (κ1) is 15.1. The van der Waals surface area contributed by atoms with Crippen LogP contribution in [0.2, 0.25) is 0 Å². The molecule has 4 rings (SSSR count). The third kappa shape index (κ3) is 2.86. The number of hydrogen-bond acceptors (Lipinski definition) is 5. The molecule has 0 unspecified atom stereocenters. The number of fused-ring (bicyclic) bond motifs is 1. The van der Waals surface area contributed by atoms with Gasteiger partial charge in [-0.1, -0.05) is 24.3 Å². The number of hydrogen-bond donors (Lipinski definition) is 0. The normalized spacial score (nSPS) is 12.6. The van der Waals surface area contributed by atoms with Crippen molar-refractivity contribution < 1.29 is 4.42 Å². The minimum Gasteiger partial charge on any atom is -0.454 e. The van der Waals surface area contributed by atoms with Crippen molar-refractivity contribution in [2.24, 2.45) is 10.1 Å². The lowest BCUT2D eigenvalue weighted by Gasteiger charge is -1.99. The number of nitrogens with zero attached hydrogens (tertiary/aromatic N) is 3. The van der Waals surface area contributed by atoms with Crippen molar-refractivity contribution in [1.82, 2.24) is 4.68 Å². The van der Waals surface area contributed by atoms with Crippen LogP contribution in [0.15, 0.2) is 67.7 Å². The second-order valence-electron chi connectivity index (χ2n) is 5.10. The lowest BCUT2D eigenvalue weighted by molar-refractivity contribution is 0.621. The van der Waals surface area contributed by atoms with E-state index in [0.29, 0.717) is 6.54 Å². The molecule has 0 saturated heterocycles. The molecule has 4 nitrogen and oxygen atoms in total. The van der Waals surface area contributed by atoms with E-state index < -0.39 is 0 Å². The molecule has 120 valence electrons. The van der Waals surface area contributed by atoms with Gasteiger partial charge < -0.3 is 4.42 Å². The highest BCUT2D eigenvalue weighted by molar-refractivity contribution is 7.11. The Balaban J connectivity index is 1.84. The summed E-state index contributed by atoms with van der Waals surface area (Å²) in [5, 5.41) is 9.80. The first-order valence-corrected chi connectivity index (χ1v) is 9.39. The van der Waals surface area contributed by atoms with Crippen molar-refractivity contribution in [1.29, 1.82) is 0 Å². The van der Waals surface area contributed by atoms with Gasteiger partial charge in [-0.3, -0.25) is 4.99 Å². The first-order chi connectivity index (χ1) is 11.8. The summed E-state index contributed by atoms with van der Waals surface area (Å²) in [5.41, 5.74) is 1.79. The molecular weight excluding hydrogens is 338 g/mol. The Morgan fingerprint density at radius 2 is 2.08 bits per heavy atom. The minimum atomic E-state index is 0.717. The summed E-state index contributed by atoms with van der Waals surface area (Å²) in [6.07, 6.45) is 1.86. The lowest BCUT2D eigenvalue weighted by atomic mass is 10.2. The van der Waals surface area contributed by atoms with Crippen LogP contribution in [-0.4, -0.2) is 17.4 Å². The zero-order valence-electron chi connectivity index (χ0n) is 13.0. The second kappa shape index (κ2) is 6.59. The molecule has 3 aromatic heterocycles. The van der Waals surface area contributed by atoms with Crippen molar-refractivity contribution >= 4 is 39.9 Å². The Kier molecular flexibility index (Phi) is 4.15. The summed E-state index contributed by atoms with van der Waals surface area (Å²) < 4.78 is 7.85. The van der Waals surface area contributed by atoms with Crippen molar-refractivity contribution in [2.45, 2.75) is 6.92 Å². The van der Waals surface area contributed by atoms with Crippen molar-refractivity contribution in [3.63, 3.8) is 0 Å². The number of aromatic nitrogens is 1. The Bertz CT molecular complexity index is 1020. The fourth-order valence-corrected chi connectivity index (χ4v) is 3.87. The topological polar surface area (TPSA) is 42.8 Å². The molecule has 4 aromatic rings. The Hall–Kier alpha value is -2.44. The monoisotopic (exact) mass is 353 g/mol. The van der Waals surface area contributed by atoms with Gasteiger partial charge in [-0.15, -0.1) is 22.7 Å². The highest BCUT2D eigenvalue weighted by atomic mass is 32.1. The molecule has 0 bridgehead atoms. The molecule has 6 heteroatoms.